The molecule has 0 fully saturated rings. The van der Waals surface area contributed by atoms with Gasteiger partial charge in [-0.05, 0) is 42.5 Å². The molecule has 0 aliphatic heterocycles. The van der Waals surface area contributed by atoms with E-state index in [4.69, 9.17) is 15.9 Å². The third-order valence-corrected chi connectivity index (χ3v) is 3.79. The van der Waals surface area contributed by atoms with E-state index in [0.717, 1.165) is 17.1 Å². The zero-order valence-electron chi connectivity index (χ0n) is 11.6. The molecule has 3 N–H and O–H groups in total. The van der Waals surface area contributed by atoms with Crippen LogP contribution in [0.1, 0.15) is 18.1 Å². The number of nitrogens with two attached hydrogens (primary N) is 1. The highest BCUT2D eigenvalue weighted by Gasteiger charge is 2.12. The van der Waals surface area contributed by atoms with Crippen molar-refractivity contribution in [3.63, 3.8) is 0 Å². The van der Waals surface area contributed by atoms with Gasteiger partial charge in [0.2, 0.25) is 0 Å². The first-order valence-electron chi connectivity index (χ1n) is 6.44. The van der Waals surface area contributed by atoms with Gasteiger partial charge in [0, 0.05) is 4.90 Å². The summed E-state index contributed by atoms with van der Waals surface area (Å²) in [6, 6.07) is 13.7. The fourth-order valence-electron chi connectivity index (χ4n) is 1.99. The van der Waals surface area contributed by atoms with Gasteiger partial charge < -0.3 is 10.5 Å². The lowest BCUT2D eigenvalue weighted by molar-refractivity contribution is 0.479. The van der Waals surface area contributed by atoms with Crippen LogP contribution in [0.4, 0.5) is 0 Å². The van der Waals surface area contributed by atoms with Gasteiger partial charge in [0.1, 0.15) is 17.3 Å². The highest BCUT2D eigenvalue weighted by atomic mass is 32.2. The van der Waals surface area contributed by atoms with E-state index in [1.54, 1.807) is 11.8 Å². The van der Waals surface area contributed by atoms with Crippen molar-refractivity contribution in [2.24, 2.45) is 5.73 Å². The highest BCUT2D eigenvalue weighted by molar-refractivity contribution is 7.98. The maximum absolute atomic E-state index is 7.75. The van der Waals surface area contributed by atoms with Crippen LogP contribution in [-0.4, -0.2) is 12.1 Å². The molecule has 2 aromatic carbocycles. The van der Waals surface area contributed by atoms with E-state index in [-0.39, 0.29) is 5.84 Å². The number of nitrogens with one attached hydrogen (secondary N) is 1. The van der Waals surface area contributed by atoms with Gasteiger partial charge in [-0.25, -0.2) is 0 Å². The molecule has 2 rings (SSSR count). The number of rotatable bonds is 5. The van der Waals surface area contributed by atoms with Crippen molar-refractivity contribution < 1.29 is 4.74 Å². The summed E-state index contributed by atoms with van der Waals surface area (Å²) in [5.41, 5.74) is 7.56. The fraction of sp³-hybridized carbons (Fsp3) is 0.188. The van der Waals surface area contributed by atoms with Crippen molar-refractivity contribution in [3.05, 3.63) is 53.6 Å². The topological polar surface area (TPSA) is 59.1 Å². The first kappa shape index (κ1) is 14.5. The Kier molecular flexibility index (Phi) is 4.69. The molecule has 0 aliphatic carbocycles. The summed E-state index contributed by atoms with van der Waals surface area (Å²) in [4.78, 5) is 0.946. The second-order valence-corrected chi connectivity index (χ2v) is 5.20. The first-order valence-corrected chi connectivity index (χ1v) is 7.66. The van der Waals surface area contributed by atoms with E-state index >= 15 is 0 Å². The third-order valence-electron chi connectivity index (χ3n) is 3.01. The summed E-state index contributed by atoms with van der Waals surface area (Å²) in [7, 11) is 0. The Bertz CT molecular complexity index is 626. The van der Waals surface area contributed by atoms with E-state index < -0.39 is 0 Å². The molecular weight excluding hydrogens is 268 g/mol. The van der Waals surface area contributed by atoms with Gasteiger partial charge in [0.25, 0.3) is 0 Å². The monoisotopic (exact) mass is 286 g/mol. The molecule has 0 saturated heterocycles. The van der Waals surface area contributed by atoms with Gasteiger partial charge >= 0.3 is 0 Å². The smallest absolute Gasteiger partial charge is 0.139 e. The average molecular weight is 286 g/mol. The maximum atomic E-state index is 7.75. The van der Waals surface area contributed by atoms with Gasteiger partial charge in [-0.2, -0.15) is 0 Å². The van der Waals surface area contributed by atoms with Crippen molar-refractivity contribution in [3.8, 4) is 11.5 Å². The molecule has 0 saturated carbocycles. The lowest BCUT2D eigenvalue weighted by Gasteiger charge is -2.13. The summed E-state index contributed by atoms with van der Waals surface area (Å²) in [5.74, 6) is 1.42. The van der Waals surface area contributed by atoms with Crippen LogP contribution in [0, 0.1) is 5.41 Å². The van der Waals surface area contributed by atoms with Crippen LogP contribution >= 0.6 is 11.8 Å². The molecule has 0 aliphatic rings. The minimum Gasteiger partial charge on any atom is -0.457 e. The Hall–Kier alpha value is -1.94. The third kappa shape index (κ3) is 3.14. The number of hydrogen-bond acceptors (Lipinski definition) is 3. The second-order valence-electron chi connectivity index (χ2n) is 4.35. The molecule has 0 spiro atoms. The van der Waals surface area contributed by atoms with Crippen LogP contribution in [0.3, 0.4) is 0 Å². The molecule has 4 heteroatoms. The van der Waals surface area contributed by atoms with Crippen LogP contribution in [-0.2, 0) is 6.42 Å². The lowest BCUT2D eigenvalue weighted by atomic mass is 10.1. The van der Waals surface area contributed by atoms with Crippen LogP contribution in [0.5, 0.6) is 11.5 Å². The summed E-state index contributed by atoms with van der Waals surface area (Å²) in [5, 5.41) is 7.75. The minimum atomic E-state index is 0.0246. The molecule has 0 atom stereocenters. The van der Waals surface area contributed by atoms with E-state index in [9.17, 15) is 0 Å². The Labute approximate surface area is 123 Å². The maximum Gasteiger partial charge on any atom is 0.139 e. The molecule has 0 aromatic heterocycles. The fourth-order valence-corrected chi connectivity index (χ4v) is 2.62. The number of aryl methyl sites for hydroxylation is 1. The summed E-state index contributed by atoms with van der Waals surface area (Å²) in [6.07, 6.45) is 2.92. The van der Waals surface area contributed by atoms with Crippen molar-refractivity contribution in [2.45, 2.75) is 18.2 Å². The molecule has 0 amide bonds. The number of thioether (sulfide) groups is 1. The van der Waals surface area contributed by atoms with Crippen LogP contribution < -0.4 is 10.5 Å². The molecule has 0 radical (unpaired) electrons. The number of nitrogen functional groups attached to an aromatic ring is 1. The Balaban J connectivity index is 2.40. The van der Waals surface area contributed by atoms with Crippen molar-refractivity contribution in [1.82, 2.24) is 0 Å². The number of ether oxygens (including phenoxy) is 1. The van der Waals surface area contributed by atoms with Gasteiger partial charge in [-0.15, -0.1) is 11.8 Å². The Morgan fingerprint density at radius 2 is 2.00 bits per heavy atom. The lowest BCUT2D eigenvalue weighted by Crippen LogP contribution is -2.13. The molecular formula is C16H18N2OS. The van der Waals surface area contributed by atoms with Gasteiger partial charge in [0.05, 0.1) is 5.56 Å². The predicted molar refractivity (Wildman–Crippen MR) is 85.1 cm³/mol. The average Bonchev–Trinajstić information content (AvgIpc) is 2.46. The first-order chi connectivity index (χ1) is 9.65. The Morgan fingerprint density at radius 1 is 1.25 bits per heavy atom. The van der Waals surface area contributed by atoms with Crippen LogP contribution in [0.25, 0.3) is 0 Å². The van der Waals surface area contributed by atoms with Crippen molar-refractivity contribution in [1.29, 1.82) is 5.41 Å². The molecule has 0 bridgehead atoms. The quantitative estimate of drug-likeness (QED) is 0.495. The summed E-state index contributed by atoms with van der Waals surface area (Å²) >= 11 is 1.56. The van der Waals surface area contributed by atoms with Crippen molar-refractivity contribution in [2.75, 3.05) is 6.26 Å². The normalized spacial score (nSPS) is 10.3. The van der Waals surface area contributed by atoms with E-state index in [2.05, 4.69) is 13.0 Å². The summed E-state index contributed by atoms with van der Waals surface area (Å²) in [6.45, 7) is 2.11. The molecule has 2 aromatic rings. The van der Waals surface area contributed by atoms with Crippen molar-refractivity contribution >= 4 is 17.6 Å². The van der Waals surface area contributed by atoms with E-state index in [1.807, 2.05) is 42.7 Å². The number of benzene rings is 2. The van der Waals surface area contributed by atoms with Gasteiger partial charge in [-0.1, -0.05) is 25.1 Å². The standard InChI is InChI=1S/C16H18N2OS/c1-3-11-6-4-7-12(10-11)19-13-8-5-9-14(20-2)15(13)16(17)18/h4-10H,3H2,1-2H3,(H3,17,18). The molecule has 3 nitrogen and oxygen atoms in total. The van der Waals surface area contributed by atoms with Gasteiger partial charge in [-0.3, -0.25) is 5.41 Å². The predicted octanol–water partition coefficient (Wildman–Crippen LogP) is 4.05. The summed E-state index contributed by atoms with van der Waals surface area (Å²) < 4.78 is 5.92. The molecule has 0 unspecified atom stereocenters. The zero-order chi connectivity index (χ0) is 14.5. The Morgan fingerprint density at radius 3 is 2.65 bits per heavy atom. The molecule has 20 heavy (non-hydrogen) atoms. The number of hydrogen-bond donors (Lipinski definition) is 2. The molecule has 104 valence electrons. The van der Waals surface area contributed by atoms with Crippen LogP contribution in [0.15, 0.2) is 47.4 Å². The van der Waals surface area contributed by atoms with Crippen LogP contribution in [0.2, 0.25) is 0 Å². The SMILES string of the molecule is CCc1cccc(Oc2cccc(SC)c2C(=N)N)c1. The largest absolute Gasteiger partial charge is 0.457 e. The second kappa shape index (κ2) is 6.48. The number of amidine groups is 1. The molecule has 0 heterocycles. The highest BCUT2D eigenvalue weighted by Crippen LogP contribution is 2.32. The van der Waals surface area contributed by atoms with Gasteiger partial charge in [0.15, 0.2) is 0 Å². The van der Waals surface area contributed by atoms with E-state index in [0.29, 0.717) is 11.3 Å². The zero-order valence-corrected chi connectivity index (χ0v) is 12.5. The minimum absolute atomic E-state index is 0.0246. The van der Waals surface area contributed by atoms with E-state index in [1.165, 1.54) is 5.56 Å².